The van der Waals surface area contributed by atoms with Gasteiger partial charge in [0.1, 0.15) is 6.17 Å². The average Bonchev–Trinajstić information content (AvgIpc) is 2.31. The molecule has 0 aromatic heterocycles. The number of carbonyl (C=O) groups is 1. The fraction of sp³-hybridized carbons (Fsp3) is 0.857. The lowest BCUT2D eigenvalue weighted by atomic mass is 10.1. The van der Waals surface area contributed by atoms with Gasteiger partial charge in [-0.3, -0.25) is 4.90 Å². The normalized spacial score (nSPS) is 32.1. The number of aliphatic hydroxyl groups is 1. The zero-order valence-corrected chi connectivity index (χ0v) is 6.77. The van der Waals surface area contributed by atoms with Crippen LogP contribution in [0.15, 0.2) is 0 Å². The first-order valence-corrected chi connectivity index (χ1v) is 3.84. The Kier molecular flexibility index (Phi) is 2.52. The molecule has 0 bridgehead atoms. The summed E-state index contributed by atoms with van der Waals surface area (Å²) in [5.41, 5.74) is 0. The van der Waals surface area contributed by atoms with Gasteiger partial charge in [-0.1, -0.05) is 0 Å². The fourth-order valence-corrected chi connectivity index (χ4v) is 1.49. The molecule has 1 saturated heterocycles. The minimum Gasteiger partial charge on any atom is -0.465 e. The molecule has 5 heteroatoms. The number of halogens is 1. The van der Waals surface area contributed by atoms with Gasteiger partial charge in [0.25, 0.3) is 0 Å². The summed E-state index contributed by atoms with van der Waals surface area (Å²) in [6.45, 7) is 1.35. The van der Waals surface area contributed by atoms with E-state index in [0.29, 0.717) is 0 Å². The van der Waals surface area contributed by atoms with Crippen LogP contribution in [0.1, 0.15) is 13.3 Å². The third kappa shape index (κ3) is 1.66. The second-order valence-corrected chi connectivity index (χ2v) is 3.08. The smallest absolute Gasteiger partial charge is 0.407 e. The number of hydrogen-bond acceptors (Lipinski definition) is 2. The van der Waals surface area contributed by atoms with E-state index in [4.69, 9.17) is 10.2 Å². The van der Waals surface area contributed by atoms with Gasteiger partial charge in [0.15, 0.2) is 0 Å². The van der Waals surface area contributed by atoms with Crippen molar-refractivity contribution in [2.75, 3.05) is 6.54 Å². The Labute approximate surface area is 69.6 Å². The average molecular weight is 177 g/mol. The van der Waals surface area contributed by atoms with Gasteiger partial charge in [0.2, 0.25) is 0 Å². The first kappa shape index (κ1) is 9.25. The van der Waals surface area contributed by atoms with Gasteiger partial charge in [0, 0.05) is 6.42 Å². The molecule has 0 aromatic rings. The van der Waals surface area contributed by atoms with Crippen LogP contribution in [0.4, 0.5) is 9.18 Å². The number of carboxylic acid groups (broad SMARTS) is 1. The monoisotopic (exact) mass is 177 g/mol. The minimum atomic E-state index is -1.17. The quantitative estimate of drug-likeness (QED) is 0.611. The molecule has 70 valence electrons. The number of amides is 1. The molecule has 1 heterocycles. The lowest BCUT2D eigenvalue weighted by Crippen LogP contribution is -2.40. The summed E-state index contributed by atoms with van der Waals surface area (Å²) >= 11 is 0. The highest BCUT2D eigenvalue weighted by atomic mass is 19.1. The first-order chi connectivity index (χ1) is 5.52. The molecule has 1 aliphatic heterocycles. The van der Waals surface area contributed by atoms with E-state index >= 15 is 0 Å². The van der Waals surface area contributed by atoms with E-state index in [1.165, 1.54) is 6.92 Å². The first-order valence-electron chi connectivity index (χ1n) is 3.84. The van der Waals surface area contributed by atoms with Crippen molar-refractivity contribution < 1.29 is 19.4 Å². The summed E-state index contributed by atoms with van der Waals surface area (Å²) in [6.07, 6.45) is -3.01. The fourth-order valence-electron chi connectivity index (χ4n) is 1.49. The molecular formula is C7H12FNO3. The molecule has 2 unspecified atom stereocenters. The Balaban J connectivity index is 2.65. The van der Waals surface area contributed by atoms with Crippen molar-refractivity contribution >= 4 is 6.09 Å². The van der Waals surface area contributed by atoms with Crippen LogP contribution in [-0.2, 0) is 0 Å². The third-order valence-corrected chi connectivity index (χ3v) is 2.09. The van der Waals surface area contributed by atoms with E-state index in [9.17, 15) is 9.18 Å². The molecule has 1 aliphatic rings. The van der Waals surface area contributed by atoms with Gasteiger partial charge in [-0.15, -0.1) is 0 Å². The highest BCUT2D eigenvalue weighted by Crippen LogP contribution is 2.22. The van der Waals surface area contributed by atoms with Crippen LogP contribution in [-0.4, -0.2) is 46.1 Å². The van der Waals surface area contributed by atoms with E-state index in [2.05, 4.69) is 0 Å². The lowest BCUT2D eigenvalue weighted by molar-refractivity contribution is 0.0782. The van der Waals surface area contributed by atoms with Crippen molar-refractivity contribution in [3.63, 3.8) is 0 Å². The number of hydrogen-bond donors (Lipinski definition) is 2. The highest BCUT2D eigenvalue weighted by Gasteiger charge is 2.37. The summed E-state index contributed by atoms with van der Waals surface area (Å²) < 4.78 is 12.7. The van der Waals surface area contributed by atoms with E-state index < -0.39 is 24.4 Å². The van der Waals surface area contributed by atoms with Gasteiger partial charge < -0.3 is 10.2 Å². The molecule has 12 heavy (non-hydrogen) atoms. The number of likely N-dealkylation sites (tertiary alicyclic amines) is 1. The maximum atomic E-state index is 12.7. The van der Waals surface area contributed by atoms with Crippen molar-refractivity contribution in [2.45, 2.75) is 31.7 Å². The summed E-state index contributed by atoms with van der Waals surface area (Å²) in [4.78, 5) is 11.5. The largest absolute Gasteiger partial charge is 0.465 e. The maximum Gasteiger partial charge on any atom is 0.407 e. The van der Waals surface area contributed by atoms with Crippen molar-refractivity contribution in [3.8, 4) is 0 Å². The molecule has 0 aromatic carbocycles. The van der Waals surface area contributed by atoms with Gasteiger partial charge >= 0.3 is 6.09 Å². The molecule has 2 N–H and O–H groups in total. The van der Waals surface area contributed by atoms with Crippen LogP contribution in [0.25, 0.3) is 0 Å². The zero-order chi connectivity index (χ0) is 9.30. The van der Waals surface area contributed by atoms with Crippen molar-refractivity contribution in [2.24, 2.45) is 0 Å². The number of nitrogens with zero attached hydrogens (tertiary/aromatic N) is 1. The van der Waals surface area contributed by atoms with E-state index in [-0.39, 0.29) is 13.0 Å². The predicted molar refractivity (Wildman–Crippen MR) is 39.7 cm³/mol. The molecule has 0 spiro atoms. The molecular weight excluding hydrogens is 165 g/mol. The molecule has 0 radical (unpaired) electrons. The number of rotatable bonds is 1. The Bertz CT molecular complexity index is 185. The topological polar surface area (TPSA) is 60.8 Å². The number of alkyl halides is 1. The van der Waals surface area contributed by atoms with Crippen LogP contribution in [0, 0.1) is 0 Å². The van der Waals surface area contributed by atoms with Crippen molar-refractivity contribution in [1.82, 2.24) is 4.90 Å². The molecule has 4 nitrogen and oxygen atoms in total. The second-order valence-electron chi connectivity index (χ2n) is 3.08. The zero-order valence-electron chi connectivity index (χ0n) is 6.77. The molecule has 0 saturated carbocycles. The second kappa shape index (κ2) is 3.26. The van der Waals surface area contributed by atoms with Crippen LogP contribution in [0.5, 0.6) is 0 Å². The summed E-state index contributed by atoms with van der Waals surface area (Å²) in [5.74, 6) is 0. The van der Waals surface area contributed by atoms with Gasteiger partial charge in [-0.05, 0) is 6.92 Å². The Hall–Kier alpha value is -0.840. The van der Waals surface area contributed by atoms with Gasteiger partial charge in [-0.2, -0.15) is 0 Å². The summed E-state index contributed by atoms with van der Waals surface area (Å²) in [6, 6.07) is -0.586. The number of aliphatic hydroxyl groups excluding tert-OH is 1. The van der Waals surface area contributed by atoms with Crippen LogP contribution >= 0.6 is 0 Å². The van der Waals surface area contributed by atoms with Gasteiger partial charge in [-0.25, -0.2) is 9.18 Å². The molecule has 3 atom stereocenters. The van der Waals surface area contributed by atoms with Crippen LogP contribution < -0.4 is 0 Å². The lowest BCUT2D eigenvalue weighted by Gasteiger charge is -2.22. The van der Waals surface area contributed by atoms with Crippen molar-refractivity contribution in [1.29, 1.82) is 0 Å². The van der Waals surface area contributed by atoms with Gasteiger partial charge in [0.05, 0.1) is 18.7 Å². The van der Waals surface area contributed by atoms with Crippen molar-refractivity contribution in [3.05, 3.63) is 0 Å². The standard InChI is InChI=1S/C7H12FNO3/c1-4(10)6-2-5(8)3-9(6)7(11)12/h4-6,10H,2-3H2,1H3,(H,11,12)/t4-,5?,6?/m0/s1. The predicted octanol–water partition coefficient (Wildman–Crippen LogP) is 0.458. The minimum absolute atomic E-state index is 0.101. The third-order valence-electron chi connectivity index (χ3n) is 2.09. The molecule has 1 rings (SSSR count). The Morgan fingerprint density at radius 1 is 1.75 bits per heavy atom. The van der Waals surface area contributed by atoms with E-state index in [1.807, 2.05) is 0 Å². The van der Waals surface area contributed by atoms with Crippen LogP contribution in [0.3, 0.4) is 0 Å². The summed E-state index contributed by atoms with van der Waals surface area (Å²) in [5, 5.41) is 17.7. The SMILES string of the molecule is C[C@H](O)C1CC(F)CN1C(=O)O. The Morgan fingerprint density at radius 2 is 2.33 bits per heavy atom. The highest BCUT2D eigenvalue weighted by molar-refractivity contribution is 5.66. The maximum absolute atomic E-state index is 12.7. The molecule has 1 amide bonds. The van der Waals surface area contributed by atoms with Crippen LogP contribution in [0.2, 0.25) is 0 Å². The Morgan fingerprint density at radius 3 is 2.67 bits per heavy atom. The molecule has 0 aliphatic carbocycles. The molecule has 1 fully saturated rings. The summed E-state index contributed by atoms with van der Waals surface area (Å²) in [7, 11) is 0. The van der Waals surface area contributed by atoms with E-state index in [0.717, 1.165) is 4.90 Å². The van der Waals surface area contributed by atoms with E-state index in [1.54, 1.807) is 0 Å².